The average Bonchev–Trinajstić information content (AvgIpc) is 3.10. The van der Waals surface area contributed by atoms with Crippen LogP contribution in [0.25, 0.3) is 0 Å². The van der Waals surface area contributed by atoms with E-state index in [0.717, 1.165) is 43.0 Å². The molecule has 1 aliphatic heterocycles. The van der Waals surface area contributed by atoms with Crippen LogP contribution in [0.5, 0.6) is 11.5 Å². The maximum absolute atomic E-state index is 5.43. The zero-order valence-electron chi connectivity index (χ0n) is 12.9. The highest BCUT2D eigenvalue weighted by molar-refractivity contribution is 5.44. The lowest BCUT2D eigenvalue weighted by Gasteiger charge is -2.31. The van der Waals surface area contributed by atoms with Crippen molar-refractivity contribution in [2.24, 2.45) is 5.92 Å². The molecule has 118 valence electrons. The van der Waals surface area contributed by atoms with E-state index in [1.165, 1.54) is 0 Å². The Balaban J connectivity index is 1.98. The van der Waals surface area contributed by atoms with E-state index in [1.54, 1.807) is 20.5 Å². The fraction of sp³-hybridized carbons (Fsp3) is 0.533. The number of hydrogen-bond acceptors (Lipinski definition) is 6. The van der Waals surface area contributed by atoms with Crippen molar-refractivity contribution >= 4 is 0 Å². The molecule has 0 spiro atoms. The lowest BCUT2D eigenvalue weighted by atomic mass is 9.87. The van der Waals surface area contributed by atoms with Crippen LogP contribution in [0.2, 0.25) is 0 Å². The summed E-state index contributed by atoms with van der Waals surface area (Å²) in [5.74, 6) is 1.89. The third kappa shape index (κ3) is 2.89. The number of piperidine rings is 1. The van der Waals surface area contributed by atoms with Crippen LogP contribution in [0.15, 0.2) is 24.5 Å². The van der Waals surface area contributed by atoms with Gasteiger partial charge in [-0.3, -0.25) is 0 Å². The number of nitrogens with one attached hydrogen (secondary N) is 1. The molecule has 0 amide bonds. The highest BCUT2D eigenvalue weighted by Gasteiger charge is 2.28. The van der Waals surface area contributed by atoms with Crippen molar-refractivity contribution in [2.75, 3.05) is 27.3 Å². The molecule has 1 aromatic carbocycles. The van der Waals surface area contributed by atoms with E-state index < -0.39 is 0 Å². The standard InChI is InChI=1S/C15H21N5O2/c1-21-13-6-5-11(8-14(13)22-2)15(20-10-17-18-19-20)12-4-3-7-16-9-12/h5-6,8,10,12,15-16H,3-4,7,9H2,1-2H3/t12-,15?/m0/s1. The fourth-order valence-corrected chi connectivity index (χ4v) is 3.12. The summed E-state index contributed by atoms with van der Waals surface area (Å²) in [6, 6.07) is 6.09. The molecule has 0 bridgehead atoms. The second-order valence-electron chi connectivity index (χ2n) is 5.46. The number of ether oxygens (including phenoxy) is 2. The van der Waals surface area contributed by atoms with Crippen LogP contribution in [-0.2, 0) is 0 Å². The number of aromatic nitrogens is 4. The van der Waals surface area contributed by atoms with Crippen LogP contribution in [0.3, 0.4) is 0 Å². The van der Waals surface area contributed by atoms with Gasteiger partial charge >= 0.3 is 0 Å². The Morgan fingerprint density at radius 2 is 2.14 bits per heavy atom. The summed E-state index contributed by atoms with van der Waals surface area (Å²) in [4.78, 5) is 0. The summed E-state index contributed by atoms with van der Waals surface area (Å²) < 4.78 is 12.6. The Hall–Kier alpha value is -2.15. The second-order valence-corrected chi connectivity index (χ2v) is 5.46. The van der Waals surface area contributed by atoms with Gasteiger partial charge in [-0.15, -0.1) is 5.10 Å². The van der Waals surface area contributed by atoms with Gasteiger partial charge in [0, 0.05) is 6.54 Å². The van der Waals surface area contributed by atoms with E-state index in [-0.39, 0.29) is 6.04 Å². The molecule has 1 unspecified atom stereocenters. The molecule has 1 aromatic heterocycles. The molecule has 1 aliphatic rings. The first-order chi connectivity index (χ1) is 10.8. The van der Waals surface area contributed by atoms with E-state index in [0.29, 0.717) is 5.92 Å². The smallest absolute Gasteiger partial charge is 0.161 e. The van der Waals surface area contributed by atoms with Gasteiger partial charge in [-0.1, -0.05) is 6.07 Å². The Kier molecular flexibility index (Phi) is 4.53. The van der Waals surface area contributed by atoms with Crippen LogP contribution in [0, 0.1) is 5.92 Å². The first kappa shape index (κ1) is 14.8. The van der Waals surface area contributed by atoms with Gasteiger partial charge in [0.25, 0.3) is 0 Å². The van der Waals surface area contributed by atoms with E-state index in [1.807, 2.05) is 16.8 Å². The summed E-state index contributed by atoms with van der Waals surface area (Å²) >= 11 is 0. The van der Waals surface area contributed by atoms with E-state index in [4.69, 9.17) is 9.47 Å². The molecule has 7 heteroatoms. The van der Waals surface area contributed by atoms with Gasteiger partial charge in [0.15, 0.2) is 11.5 Å². The van der Waals surface area contributed by atoms with E-state index in [9.17, 15) is 0 Å². The van der Waals surface area contributed by atoms with Gasteiger partial charge in [-0.2, -0.15) is 0 Å². The number of methoxy groups -OCH3 is 2. The summed E-state index contributed by atoms with van der Waals surface area (Å²) in [6.07, 6.45) is 3.98. The molecule has 22 heavy (non-hydrogen) atoms. The number of hydrogen-bond donors (Lipinski definition) is 1. The molecular weight excluding hydrogens is 282 g/mol. The topological polar surface area (TPSA) is 74.1 Å². The highest BCUT2D eigenvalue weighted by atomic mass is 16.5. The van der Waals surface area contributed by atoms with Crippen molar-refractivity contribution in [3.8, 4) is 11.5 Å². The zero-order valence-corrected chi connectivity index (χ0v) is 12.9. The largest absolute Gasteiger partial charge is 0.493 e. The quantitative estimate of drug-likeness (QED) is 0.897. The molecule has 1 fully saturated rings. The number of rotatable bonds is 5. The summed E-state index contributed by atoms with van der Waals surface area (Å²) in [5, 5.41) is 15.2. The average molecular weight is 303 g/mol. The lowest BCUT2D eigenvalue weighted by molar-refractivity contribution is 0.277. The van der Waals surface area contributed by atoms with E-state index >= 15 is 0 Å². The summed E-state index contributed by atoms with van der Waals surface area (Å²) in [5.41, 5.74) is 1.12. The molecule has 3 rings (SSSR count). The van der Waals surface area contributed by atoms with Gasteiger partial charge in [0.05, 0.1) is 20.3 Å². The normalized spacial score (nSPS) is 19.6. The van der Waals surface area contributed by atoms with Gasteiger partial charge in [0.2, 0.25) is 0 Å². The van der Waals surface area contributed by atoms with Gasteiger partial charge in [-0.25, -0.2) is 4.68 Å². The number of tetrazole rings is 1. The van der Waals surface area contributed by atoms with Crippen LogP contribution in [0.4, 0.5) is 0 Å². The molecule has 2 atom stereocenters. The molecule has 1 saturated heterocycles. The molecule has 0 aliphatic carbocycles. The summed E-state index contributed by atoms with van der Waals surface area (Å²) in [7, 11) is 3.29. The molecule has 0 saturated carbocycles. The predicted molar refractivity (Wildman–Crippen MR) is 81.1 cm³/mol. The Morgan fingerprint density at radius 1 is 1.27 bits per heavy atom. The monoisotopic (exact) mass is 303 g/mol. The van der Waals surface area contributed by atoms with Gasteiger partial charge in [-0.05, 0) is 53.4 Å². The fourth-order valence-electron chi connectivity index (χ4n) is 3.12. The predicted octanol–water partition coefficient (Wildman–Crippen LogP) is 1.28. The third-order valence-corrected chi connectivity index (χ3v) is 4.18. The first-order valence-electron chi connectivity index (χ1n) is 7.48. The van der Waals surface area contributed by atoms with Crippen LogP contribution >= 0.6 is 0 Å². The lowest BCUT2D eigenvalue weighted by Crippen LogP contribution is -2.36. The number of nitrogens with zero attached hydrogens (tertiary/aromatic N) is 4. The Labute approximate surface area is 129 Å². The SMILES string of the molecule is COc1ccc(C([C@H]2CCCNC2)n2cnnn2)cc1OC. The number of benzene rings is 1. The van der Waals surface area contributed by atoms with Crippen molar-refractivity contribution in [1.82, 2.24) is 25.5 Å². The molecule has 1 N–H and O–H groups in total. The second kappa shape index (κ2) is 6.74. The van der Waals surface area contributed by atoms with Crippen molar-refractivity contribution in [3.05, 3.63) is 30.1 Å². The highest BCUT2D eigenvalue weighted by Crippen LogP contribution is 2.35. The minimum absolute atomic E-state index is 0.0857. The molecule has 2 aromatic rings. The Bertz CT molecular complexity index is 596. The minimum atomic E-state index is 0.0857. The van der Waals surface area contributed by atoms with Gasteiger partial charge in [0.1, 0.15) is 6.33 Å². The zero-order chi connectivity index (χ0) is 15.4. The molecule has 2 heterocycles. The van der Waals surface area contributed by atoms with Crippen LogP contribution in [-0.4, -0.2) is 47.5 Å². The maximum Gasteiger partial charge on any atom is 0.161 e. The molecular formula is C15H21N5O2. The van der Waals surface area contributed by atoms with Crippen molar-refractivity contribution in [1.29, 1.82) is 0 Å². The first-order valence-corrected chi connectivity index (χ1v) is 7.48. The van der Waals surface area contributed by atoms with Crippen LogP contribution in [0.1, 0.15) is 24.4 Å². The molecule has 0 radical (unpaired) electrons. The maximum atomic E-state index is 5.43. The van der Waals surface area contributed by atoms with Crippen molar-refractivity contribution in [3.63, 3.8) is 0 Å². The van der Waals surface area contributed by atoms with Crippen LogP contribution < -0.4 is 14.8 Å². The Morgan fingerprint density at radius 3 is 2.77 bits per heavy atom. The van der Waals surface area contributed by atoms with Gasteiger partial charge < -0.3 is 14.8 Å². The summed E-state index contributed by atoms with van der Waals surface area (Å²) in [6.45, 7) is 2.03. The minimum Gasteiger partial charge on any atom is -0.493 e. The van der Waals surface area contributed by atoms with Crippen molar-refractivity contribution < 1.29 is 9.47 Å². The van der Waals surface area contributed by atoms with Crippen molar-refractivity contribution in [2.45, 2.75) is 18.9 Å². The molecule has 7 nitrogen and oxygen atoms in total. The third-order valence-electron chi connectivity index (χ3n) is 4.18. The van der Waals surface area contributed by atoms with E-state index in [2.05, 4.69) is 26.9 Å².